The van der Waals surface area contributed by atoms with Gasteiger partial charge in [-0.2, -0.15) is 0 Å². The number of benzene rings is 1. The normalized spacial score (nSPS) is 11.6. The van der Waals surface area contributed by atoms with Gasteiger partial charge in [-0.05, 0) is 40.8 Å². The van der Waals surface area contributed by atoms with E-state index < -0.39 is 0 Å². The zero-order valence-corrected chi connectivity index (χ0v) is 12.9. The van der Waals surface area contributed by atoms with Crippen molar-refractivity contribution in [3.8, 4) is 10.6 Å². The molecule has 0 saturated carbocycles. The fraction of sp³-hybridized carbons (Fsp3) is 0. The van der Waals surface area contributed by atoms with Gasteiger partial charge in [-0.15, -0.1) is 11.3 Å². The second-order valence-corrected chi connectivity index (χ2v) is 7.14. The van der Waals surface area contributed by atoms with Crippen molar-refractivity contribution >= 4 is 60.4 Å². The lowest BCUT2D eigenvalue weighted by Gasteiger charge is -1.89. The number of hydrogen-bond acceptors (Lipinski definition) is 3. The van der Waals surface area contributed by atoms with Crippen molar-refractivity contribution in [1.82, 2.24) is 9.38 Å². The Hall–Kier alpha value is -0.920. The predicted octanol–water partition coefficient (Wildman–Crippen LogP) is 4.88. The van der Waals surface area contributed by atoms with Gasteiger partial charge >= 0.3 is 0 Å². The van der Waals surface area contributed by atoms with Crippen molar-refractivity contribution in [2.45, 2.75) is 0 Å². The van der Waals surface area contributed by atoms with E-state index in [2.05, 4.69) is 68.9 Å². The number of fused-ring (bicyclic) bond motifs is 3. The maximum Gasteiger partial charge on any atom is 0.195 e. The van der Waals surface area contributed by atoms with E-state index in [1.165, 1.54) is 18.7 Å². The van der Waals surface area contributed by atoms with Crippen LogP contribution in [0.15, 0.2) is 41.9 Å². The summed E-state index contributed by atoms with van der Waals surface area (Å²) in [7, 11) is 0. The third-order valence-electron chi connectivity index (χ3n) is 2.82. The predicted molar refractivity (Wildman–Crippen MR) is 86.6 cm³/mol. The Bertz CT molecular complexity index is 856. The van der Waals surface area contributed by atoms with Crippen molar-refractivity contribution in [3.63, 3.8) is 0 Å². The van der Waals surface area contributed by atoms with E-state index in [4.69, 9.17) is 4.98 Å². The molecule has 0 saturated heterocycles. The van der Waals surface area contributed by atoms with Crippen molar-refractivity contribution in [3.05, 3.63) is 45.5 Å². The standard InChI is InChI=1S/C13H7IN2S2/c14-8-5-12(17-7-8)9-6-16-10-3-1-2-4-11(10)18-13(16)15-9/h1-7H. The summed E-state index contributed by atoms with van der Waals surface area (Å²) in [6.45, 7) is 0. The second-order valence-electron chi connectivity index (χ2n) is 3.98. The molecule has 4 aromatic rings. The summed E-state index contributed by atoms with van der Waals surface area (Å²) in [5.74, 6) is 0. The van der Waals surface area contributed by atoms with Crippen LogP contribution in [-0.2, 0) is 0 Å². The molecule has 3 aromatic heterocycles. The molecule has 0 amide bonds. The minimum Gasteiger partial charge on any atom is -0.290 e. The summed E-state index contributed by atoms with van der Waals surface area (Å²) >= 11 is 5.82. The molecule has 0 radical (unpaired) electrons. The lowest BCUT2D eigenvalue weighted by atomic mass is 10.3. The molecule has 2 nitrogen and oxygen atoms in total. The van der Waals surface area contributed by atoms with Crippen LogP contribution < -0.4 is 0 Å². The third-order valence-corrected chi connectivity index (χ3v) is 5.85. The summed E-state index contributed by atoms with van der Waals surface area (Å²) in [6.07, 6.45) is 2.13. The molecule has 0 N–H and O–H groups in total. The fourth-order valence-corrected chi connectivity index (χ4v) is 4.65. The van der Waals surface area contributed by atoms with Crippen LogP contribution in [0.5, 0.6) is 0 Å². The molecule has 4 rings (SSSR count). The van der Waals surface area contributed by atoms with Crippen LogP contribution in [0.25, 0.3) is 25.7 Å². The van der Waals surface area contributed by atoms with Gasteiger partial charge in [0.1, 0.15) is 5.69 Å². The molecule has 0 unspecified atom stereocenters. The van der Waals surface area contributed by atoms with E-state index in [-0.39, 0.29) is 0 Å². The quantitative estimate of drug-likeness (QED) is 0.429. The van der Waals surface area contributed by atoms with E-state index in [0.717, 1.165) is 10.7 Å². The number of rotatable bonds is 1. The van der Waals surface area contributed by atoms with Gasteiger partial charge in [-0.1, -0.05) is 23.5 Å². The highest BCUT2D eigenvalue weighted by Gasteiger charge is 2.10. The van der Waals surface area contributed by atoms with Gasteiger partial charge in [-0.3, -0.25) is 4.40 Å². The SMILES string of the molecule is Ic1csc(-c2cn3c(n2)sc2ccccc23)c1. The van der Waals surface area contributed by atoms with Crippen molar-refractivity contribution in [1.29, 1.82) is 0 Å². The largest absolute Gasteiger partial charge is 0.290 e. The van der Waals surface area contributed by atoms with E-state index in [0.29, 0.717) is 0 Å². The zero-order valence-electron chi connectivity index (χ0n) is 9.13. The smallest absolute Gasteiger partial charge is 0.195 e. The molecule has 0 atom stereocenters. The number of halogens is 1. The summed E-state index contributed by atoms with van der Waals surface area (Å²) < 4.78 is 4.74. The second kappa shape index (κ2) is 4.04. The molecular weight excluding hydrogens is 375 g/mol. The molecular formula is C13H7IN2S2. The molecule has 0 fully saturated rings. The van der Waals surface area contributed by atoms with Gasteiger partial charge in [0.2, 0.25) is 0 Å². The third kappa shape index (κ3) is 1.61. The maximum absolute atomic E-state index is 4.72. The number of hydrogen-bond donors (Lipinski definition) is 0. The molecule has 88 valence electrons. The minimum absolute atomic E-state index is 1.06. The molecule has 0 aliphatic carbocycles. The number of thiophene rings is 1. The van der Waals surface area contributed by atoms with Crippen LogP contribution in [0.3, 0.4) is 0 Å². The van der Waals surface area contributed by atoms with Gasteiger partial charge in [0.05, 0.1) is 15.1 Å². The van der Waals surface area contributed by atoms with E-state index in [1.54, 1.807) is 22.7 Å². The molecule has 0 bridgehead atoms. The first-order valence-electron chi connectivity index (χ1n) is 5.42. The van der Waals surface area contributed by atoms with E-state index >= 15 is 0 Å². The van der Waals surface area contributed by atoms with Gasteiger partial charge in [-0.25, -0.2) is 4.98 Å². The number of thiazole rings is 1. The van der Waals surface area contributed by atoms with Gasteiger partial charge in [0, 0.05) is 15.1 Å². The molecule has 5 heteroatoms. The Morgan fingerprint density at radius 2 is 2.11 bits per heavy atom. The highest BCUT2D eigenvalue weighted by Crippen LogP contribution is 2.32. The summed E-state index contributed by atoms with van der Waals surface area (Å²) in [4.78, 5) is 7.02. The maximum atomic E-state index is 4.72. The van der Waals surface area contributed by atoms with Gasteiger partial charge < -0.3 is 0 Å². The number of nitrogens with zero attached hydrogens (tertiary/aromatic N) is 2. The first-order valence-corrected chi connectivity index (χ1v) is 8.20. The number of aromatic nitrogens is 2. The lowest BCUT2D eigenvalue weighted by molar-refractivity contribution is 1.30. The lowest BCUT2D eigenvalue weighted by Crippen LogP contribution is -1.74. The Morgan fingerprint density at radius 3 is 2.94 bits per heavy atom. The molecule has 1 aromatic carbocycles. The van der Waals surface area contributed by atoms with Crippen LogP contribution in [0.4, 0.5) is 0 Å². The molecule has 0 aliphatic rings. The van der Waals surface area contributed by atoms with Crippen molar-refractivity contribution < 1.29 is 0 Å². The average Bonchev–Trinajstić information content (AvgIpc) is 3.01. The fourth-order valence-electron chi connectivity index (χ4n) is 2.01. The highest BCUT2D eigenvalue weighted by molar-refractivity contribution is 14.1. The number of para-hydroxylation sites is 1. The Morgan fingerprint density at radius 1 is 1.22 bits per heavy atom. The molecule has 0 spiro atoms. The van der Waals surface area contributed by atoms with Crippen molar-refractivity contribution in [2.75, 3.05) is 0 Å². The molecule has 18 heavy (non-hydrogen) atoms. The number of imidazole rings is 1. The Labute approximate surface area is 125 Å². The van der Waals surface area contributed by atoms with Crippen LogP contribution >= 0.6 is 45.3 Å². The Kier molecular flexibility index (Phi) is 2.46. The minimum atomic E-state index is 1.06. The van der Waals surface area contributed by atoms with E-state index in [1.807, 2.05) is 0 Å². The summed E-state index contributed by atoms with van der Waals surface area (Å²) in [6, 6.07) is 10.6. The highest BCUT2D eigenvalue weighted by atomic mass is 127. The van der Waals surface area contributed by atoms with Crippen LogP contribution in [0, 0.1) is 3.57 Å². The van der Waals surface area contributed by atoms with E-state index in [9.17, 15) is 0 Å². The van der Waals surface area contributed by atoms with Crippen LogP contribution in [0.1, 0.15) is 0 Å². The van der Waals surface area contributed by atoms with Crippen LogP contribution in [0.2, 0.25) is 0 Å². The first kappa shape index (κ1) is 11.0. The summed E-state index contributed by atoms with van der Waals surface area (Å²) in [5, 5.41) is 2.15. The first-order chi connectivity index (χ1) is 8.81. The topological polar surface area (TPSA) is 17.3 Å². The zero-order chi connectivity index (χ0) is 12.1. The average molecular weight is 382 g/mol. The van der Waals surface area contributed by atoms with Gasteiger partial charge in [0.15, 0.2) is 4.96 Å². The monoisotopic (exact) mass is 382 g/mol. The van der Waals surface area contributed by atoms with Gasteiger partial charge in [0.25, 0.3) is 0 Å². The summed E-state index contributed by atoms with van der Waals surface area (Å²) in [5.41, 5.74) is 2.31. The Balaban J connectivity index is 1.99. The van der Waals surface area contributed by atoms with Crippen LogP contribution in [-0.4, -0.2) is 9.38 Å². The van der Waals surface area contributed by atoms with Crippen molar-refractivity contribution in [2.24, 2.45) is 0 Å². The molecule has 0 aliphatic heterocycles. The molecule has 3 heterocycles.